The lowest BCUT2D eigenvalue weighted by Crippen LogP contribution is -1.92. The topological polar surface area (TPSA) is 9.86 Å². The molecule has 0 atom stereocenters. The summed E-state index contributed by atoms with van der Waals surface area (Å²) in [6.07, 6.45) is 0. The summed E-state index contributed by atoms with van der Waals surface area (Å²) >= 11 is 0. The molecule has 2 aromatic heterocycles. The zero-order valence-corrected chi connectivity index (χ0v) is 14.5. The van der Waals surface area contributed by atoms with E-state index in [2.05, 4.69) is 85.6 Å². The van der Waals surface area contributed by atoms with Gasteiger partial charge < -0.3 is 9.13 Å². The first kappa shape index (κ1) is 13.7. The number of aryl methyl sites for hydroxylation is 4. The molecule has 0 spiro atoms. The van der Waals surface area contributed by atoms with E-state index in [1.54, 1.807) is 0 Å². The average Bonchev–Trinajstić information content (AvgIpc) is 3.01. The first-order valence-corrected chi connectivity index (χ1v) is 8.43. The van der Waals surface area contributed by atoms with Gasteiger partial charge in [-0.25, -0.2) is 0 Å². The predicted molar refractivity (Wildman–Crippen MR) is 104 cm³/mol. The Kier molecular flexibility index (Phi) is 2.52. The largest absolute Gasteiger partial charge is 0.342 e. The number of fused-ring (bicyclic) bond motifs is 7. The molecule has 5 aromatic rings. The Labute approximate surface area is 140 Å². The predicted octanol–water partition coefficient (Wildman–Crippen LogP) is 5.59. The van der Waals surface area contributed by atoms with Gasteiger partial charge in [0.25, 0.3) is 0 Å². The smallest absolute Gasteiger partial charge is 0.0736 e. The minimum atomic E-state index is 1.30. The molecule has 0 aliphatic carbocycles. The highest BCUT2D eigenvalue weighted by atomic mass is 15.0. The fourth-order valence-electron chi connectivity index (χ4n) is 4.23. The molecule has 0 radical (unpaired) electrons. The van der Waals surface area contributed by atoms with Crippen LogP contribution in [0.1, 0.15) is 11.1 Å². The molecule has 2 heterocycles. The molecule has 118 valence electrons. The Morgan fingerprint density at radius 2 is 0.917 bits per heavy atom. The molecule has 0 aliphatic rings. The Morgan fingerprint density at radius 3 is 1.33 bits per heavy atom. The van der Waals surface area contributed by atoms with Crippen molar-refractivity contribution in [3.63, 3.8) is 0 Å². The molecule has 5 rings (SSSR count). The number of hydrogen-bond donors (Lipinski definition) is 0. The van der Waals surface area contributed by atoms with E-state index in [0.717, 1.165) is 0 Å². The van der Waals surface area contributed by atoms with Crippen molar-refractivity contribution in [3.8, 4) is 0 Å². The fraction of sp³-hybridized carbons (Fsp3) is 0.182. The van der Waals surface area contributed by atoms with Crippen LogP contribution in [0.5, 0.6) is 0 Å². The van der Waals surface area contributed by atoms with Crippen LogP contribution in [-0.2, 0) is 14.1 Å². The Hall–Kier alpha value is -2.74. The lowest BCUT2D eigenvalue weighted by molar-refractivity contribution is 0.985. The standard InChI is InChI=1S/C22H20N2/c1-13-5-7-15-17-9-10-18-16-8-6-14(2)12-20(16)24(4)22(18)21(17)23(3)19(15)11-13/h5-12H,1-4H3. The second-order valence-electron chi connectivity index (χ2n) is 7.02. The second-order valence-corrected chi connectivity index (χ2v) is 7.02. The van der Waals surface area contributed by atoms with E-state index in [1.807, 2.05) is 0 Å². The van der Waals surface area contributed by atoms with Gasteiger partial charge in [-0.1, -0.05) is 36.4 Å². The van der Waals surface area contributed by atoms with Crippen LogP contribution >= 0.6 is 0 Å². The minimum Gasteiger partial charge on any atom is -0.342 e. The molecule has 2 nitrogen and oxygen atoms in total. The van der Waals surface area contributed by atoms with Gasteiger partial charge in [-0.05, 0) is 37.1 Å². The highest BCUT2D eigenvalue weighted by Crippen LogP contribution is 2.38. The van der Waals surface area contributed by atoms with Gasteiger partial charge in [-0.3, -0.25) is 0 Å². The van der Waals surface area contributed by atoms with E-state index in [9.17, 15) is 0 Å². The third-order valence-electron chi connectivity index (χ3n) is 5.43. The lowest BCUT2D eigenvalue weighted by atomic mass is 10.1. The van der Waals surface area contributed by atoms with Crippen LogP contribution in [-0.4, -0.2) is 9.13 Å². The highest BCUT2D eigenvalue weighted by Gasteiger charge is 2.16. The first-order chi connectivity index (χ1) is 11.6. The first-order valence-electron chi connectivity index (χ1n) is 8.43. The van der Waals surface area contributed by atoms with Crippen molar-refractivity contribution < 1.29 is 0 Å². The van der Waals surface area contributed by atoms with E-state index >= 15 is 0 Å². The van der Waals surface area contributed by atoms with Gasteiger partial charge in [0, 0.05) is 46.7 Å². The van der Waals surface area contributed by atoms with Crippen LogP contribution in [0.2, 0.25) is 0 Å². The summed E-state index contributed by atoms with van der Waals surface area (Å²) in [5, 5.41) is 5.34. The maximum absolute atomic E-state index is 2.35. The van der Waals surface area contributed by atoms with Gasteiger partial charge in [-0.15, -0.1) is 0 Å². The van der Waals surface area contributed by atoms with Crippen molar-refractivity contribution in [1.82, 2.24) is 9.13 Å². The van der Waals surface area contributed by atoms with Gasteiger partial charge in [-0.2, -0.15) is 0 Å². The second kappa shape index (κ2) is 4.41. The minimum absolute atomic E-state index is 1.30. The normalized spacial score (nSPS) is 12.2. The lowest BCUT2D eigenvalue weighted by Gasteiger charge is -2.04. The van der Waals surface area contributed by atoms with Crippen molar-refractivity contribution >= 4 is 43.6 Å². The summed E-state index contributed by atoms with van der Waals surface area (Å²) in [6, 6.07) is 18.1. The summed E-state index contributed by atoms with van der Waals surface area (Å²) < 4.78 is 4.71. The highest BCUT2D eigenvalue weighted by molar-refractivity contribution is 6.22. The molecule has 0 N–H and O–H groups in total. The fourth-order valence-corrected chi connectivity index (χ4v) is 4.23. The number of aromatic nitrogens is 2. The molecular formula is C22H20N2. The van der Waals surface area contributed by atoms with Crippen molar-refractivity contribution in [1.29, 1.82) is 0 Å². The summed E-state index contributed by atoms with van der Waals surface area (Å²) in [7, 11) is 4.37. The van der Waals surface area contributed by atoms with Crippen LogP contribution in [0.3, 0.4) is 0 Å². The van der Waals surface area contributed by atoms with Gasteiger partial charge in [0.1, 0.15) is 0 Å². The van der Waals surface area contributed by atoms with Gasteiger partial charge in [0.05, 0.1) is 11.0 Å². The quantitative estimate of drug-likeness (QED) is 0.352. The van der Waals surface area contributed by atoms with E-state index in [-0.39, 0.29) is 0 Å². The van der Waals surface area contributed by atoms with E-state index < -0.39 is 0 Å². The third-order valence-corrected chi connectivity index (χ3v) is 5.43. The number of hydrogen-bond acceptors (Lipinski definition) is 0. The van der Waals surface area contributed by atoms with Crippen LogP contribution < -0.4 is 0 Å². The Bertz CT molecular complexity index is 1180. The van der Waals surface area contributed by atoms with Crippen molar-refractivity contribution in [3.05, 3.63) is 59.7 Å². The van der Waals surface area contributed by atoms with Crippen molar-refractivity contribution in [2.75, 3.05) is 0 Å². The molecule has 0 saturated carbocycles. The summed E-state index contributed by atoms with van der Waals surface area (Å²) in [6.45, 7) is 4.32. The molecule has 3 aromatic carbocycles. The molecule has 0 fully saturated rings. The molecule has 0 saturated heterocycles. The molecule has 0 unspecified atom stereocenters. The maximum atomic E-state index is 2.35. The Morgan fingerprint density at radius 1 is 0.542 bits per heavy atom. The van der Waals surface area contributed by atoms with E-state index in [4.69, 9.17) is 0 Å². The number of benzene rings is 3. The van der Waals surface area contributed by atoms with Gasteiger partial charge in [0.2, 0.25) is 0 Å². The van der Waals surface area contributed by atoms with Crippen LogP contribution in [0.4, 0.5) is 0 Å². The number of rotatable bonds is 0. The maximum Gasteiger partial charge on any atom is 0.0736 e. The Balaban J connectivity index is 2.11. The number of nitrogens with zero attached hydrogens (tertiary/aromatic N) is 2. The molecule has 0 bridgehead atoms. The SMILES string of the molecule is Cc1ccc2c3ccc4c5ccc(C)cc5n(C)c4c3n(C)c2c1. The van der Waals surface area contributed by atoms with Crippen molar-refractivity contribution in [2.45, 2.75) is 13.8 Å². The van der Waals surface area contributed by atoms with Crippen LogP contribution in [0, 0.1) is 13.8 Å². The van der Waals surface area contributed by atoms with E-state index in [1.165, 1.54) is 54.7 Å². The summed E-state index contributed by atoms with van der Waals surface area (Å²) in [4.78, 5) is 0. The molecule has 2 heteroatoms. The molecular weight excluding hydrogens is 292 g/mol. The van der Waals surface area contributed by atoms with Gasteiger partial charge in [0.15, 0.2) is 0 Å². The summed E-state index contributed by atoms with van der Waals surface area (Å²) in [5.41, 5.74) is 7.86. The molecule has 0 amide bonds. The van der Waals surface area contributed by atoms with Crippen LogP contribution in [0.25, 0.3) is 43.6 Å². The zero-order valence-electron chi connectivity index (χ0n) is 14.5. The summed E-state index contributed by atoms with van der Waals surface area (Å²) in [5.74, 6) is 0. The molecule has 24 heavy (non-hydrogen) atoms. The van der Waals surface area contributed by atoms with Crippen LogP contribution in [0.15, 0.2) is 48.5 Å². The van der Waals surface area contributed by atoms with Gasteiger partial charge >= 0.3 is 0 Å². The van der Waals surface area contributed by atoms with Crippen molar-refractivity contribution in [2.24, 2.45) is 14.1 Å². The zero-order chi connectivity index (χ0) is 16.6. The molecule has 0 aliphatic heterocycles. The third kappa shape index (κ3) is 1.56. The average molecular weight is 312 g/mol. The monoisotopic (exact) mass is 312 g/mol. The van der Waals surface area contributed by atoms with E-state index in [0.29, 0.717) is 0 Å².